The highest BCUT2D eigenvalue weighted by Gasteiger charge is 2.15. The normalized spacial score (nSPS) is 13.9. The minimum absolute atomic E-state index is 0.134. The fraction of sp³-hybridized carbons (Fsp3) is 0.273. The van der Waals surface area contributed by atoms with Gasteiger partial charge in [0, 0.05) is 22.6 Å². The molecule has 1 aliphatic heterocycles. The summed E-state index contributed by atoms with van der Waals surface area (Å²) < 4.78 is 21.5. The molecule has 8 heteroatoms. The standard InChI is InChI=1S/C11H11NO6S/c13-10(4-19(16)5-11(14)15)12-7-1-2-8-9(3-7)18-6-17-8/h1-3H,4-6H2,(H,12,13)(H,14,15)/t19-/m1/s1. The summed E-state index contributed by atoms with van der Waals surface area (Å²) >= 11 is 0. The number of hydrogen-bond donors (Lipinski definition) is 2. The molecule has 1 aromatic rings. The molecule has 1 heterocycles. The van der Waals surface area contributed by atoms with Gasteiger partial charge in [-0.1, -0.05) is 0 Å². The van der Waals surface area contributed by atoms with Crippen LogP contribution in [0.1, 0.15) is 0 Å². The van der Waals surface area contributed by atoms with Crippen LogP contribution in [0, 0.1) is 0 Å². The van der Waals surface area contributed by atoms with Crippen LogP contribution in [0.2, 0.25) is 0 Å². The van der Waals surface area contributed by atoms with Crippen molar-refractivity contribution < 1.29 is 28.4 Å². The van der Waals surface area contributed by atoms with E-state index in [1.807, 2.05) is 0 Å². The SMILES string of the molecule is O=C(O)C[S@](=O)CC(=O)Nc1ccc2c(c1)OCO2. The molecule has 1 aliphatic rings. The van der Waals surface area contributed by atoms with Crippen LogP contribution < -0.4 is 14.8 Å². The van der Waals surface area contributed by atoms with Gasteiger partial charge in [-0.25, -0.2) is 0 Å². The molecule has 102 valence electrons. The lowest BCUT2D eigenvalue weighted by Gasteiger charge is -2.05. The third-order valence-corrected chi connectivity index (χ3v) is 3.39. The molecule has 0 bridgehead atoms. The molecule has 2 N–H and O–H groups in total. The zero-order valence-electron chi connectivity index (χ0n) is 9.75. The van der Waals surface area contributed by atoms with Crippen molar-refractivity contribution >= 4 is 28.4 Å². The summed E-state index contributed by atoms with van der Waals surface area (Å²) in [5.74, 6) is -1.51. The molecule has 0 saturated heterocycles. The summed E-state index contributed by atoms with van der Waals surface area (Å²) in [6, 6.07) is 4.85. The number of nitrogens with one attached hydrogen (secondary N) is 1. The predicted octanol–water partition coefficient (Wildman–Crippen LogP) is 0.187. The van der Waals surface area contributed by atoms with Gasteiger partial charge in [-0.15, -0.1) is 0 Å². The van der Waals surface area contributed by atoms with E-state index in [9.17, 15) is 13.8 Å². The lowest BCUT2D eigenvalue weighted by molar-refractivity contribution is -0.133. The first-order valence-corrected chi connectivity index (χ1v) is 6.79. The largest absolute Gasteiger partial charge is 0.481 e. The fourth-order valence-electron chi connectivity index (χ4n) is 1.51. The van der Waals surface area contributed by atoms with Crippen molar-refractivity contribution in [3.05, 3.63) is 18.2 Å². The van der Waals surface area contributed by atoms with Crippen molar-refractivity contribution in [2.75, 3.05) is 23.6 Å². The lowest BCUT2D eigenvalue weighted by atomic mass is 10.3. The molecule has 7 nitrogen and oxygen atoms in total. The fourth-order valence-corrected chi connectivity index (χ4v) is 2.25. The Morgan fingerprint density at radius 2 is 2.00 bits per heavy atom. The van der Waals surface area contributed by atoms with Crippen LogP contribution in [0.4, 0.5) is 5.69 Å². The Bertz CT molecular complexity index is 544. The maximum Gasteiger partial charge on any atom is 0.316 e. The number of benzene rings is 1. The second kappa shape index (κ2) is 5.70. The predicted molar refractivity (Wildman–Crippen MR) is 66.7 cm³/mol. The maximum absolute atomic E-state index is 11.5. The number of fused-ring (bicyclic) bond motifs is 1. The van der Waals surface area contributed by atoms with Gasteiger partial charge >= 0.3 is 5.97 Å². The van der Waals surface area contributed by atoms with Crippen LogP contribution in [0.5, 0.6) is 11.5 Å². The van der Waals surface area contributed by atoms with Crippen molar-refractivity contribution in [2.45, 2.75) is 0 Å². The molecule has 0 aliphatic carbocycles. The van der Waals surface area contributed by atoms with Gasteiger partial charge in [0.05, 0.1) is 0 Å². The van der Waals surface area contributed by atoms with Gasteiger partial charge in [0.25, 0.3) is 0 Å². The lowest BCUT2D eigenvalue weighted by Crippen LogP contribution is -2.23. The van der Waals surface area contributed by atoms with E-state index in [1.54, 1.807) is 18.2 Å². The van der Waals surface area contributed by atoms with Crippen molar-refractivity contribution in [1.29, 1.82) is 0 Å². The van der Waals surface area contributed by atoms with E-state index in [4.69, 9.17) is 14.6 Å². The van der Waals surface area contributed by atoms with Crippen LogP contribution in [-0.4, -0.2) is 39.5 Å². The summed E-state index contributed by atoms with van der Waals surface area (Å²) in [6.07, 6.45) is 0. The van der Waals surface area contributed by atoms with Gasteiger partial charge in [-0.2, -0.15) is 0 Å². The molecule has 0 unspecified atom stereocenters. The van der Waals surface area contributed by atoms with Crippen LogP contribution in [0.25, 0.3) is 0 Å². The highest BCUT2D eigenvalue weighted by molar-refractivity contribution is 7.86. The van der Waals surface area contributed by atoms with Gasteiger partial charge in [-0.05, 0) is 12.1 Å². The van der Waals surface area contributed by atoms with E-state index in [0.717, 1.165) is 0 Å². The molecule has 1 aromatic carbocycles. The Kier molecular flexibility index (Phi) is 4.00. The van der Waals surface area contributed by atoms with E-state index in [2.05, 4.69) is 5.32 Å². The average Bonchev–Trinajstić information content (AvgIpc) is 2.74. The van der Waals surface area contributed by atoms with Gasteiger partial charge in [0.15, 0.2) is 11.5 Å². The van der Waals surface area contributed by atoms with Crippen LogP contribution in [0.15, 0.2) is 18.2 Å². The molecule has 1 amide bonds. The molecular formula is C11H11NO6S. The molecule has 19 heavy (non-hydrogen) atoms. The number of carbonyl (C=O) groups is 2. The number of ether oxygens (including phenoxy) is 2. The minimum Gasteiger partial charge on any atom is -0.481 e. The average molecular weight is 285 g/mol. The molecule has 2 rings (SSSR count). The Balaban J connectivity index is 1.92. The van der Waals surface area contributed by atoms with Gasteiger partial charge < -0.3 is 19.9 Å². The first kappa shape index (κ1) is 13.3. The first-order valence-electron chi connectivity index (χ1n) is 5.31. The number of aliphatic carboxylic acids is 1. The zero-order valence-corrected chi connectivity index (χ0v) is 10.6. The van der Waals surface area contributed by atoms with E-state index in [0.29, 0.717) is 17.2 Å². The van der Waals surface area contributed by atoms with E-state index in [1.165, 1.54) is 0 Å². The number of hydrogen-bond acceptors (Lipinski definition) is 5. The van der Waals surface area contributed by atoms with Crippen molar-refractivity contribution in [3.63, 3.8) is 0 Å². The molecule has 1 atom stereocenters. The van der Waals surface area contributed by atoms with E-state index in [-0.39, 0.29) is 12.5 Å². The summed E-state index contributed by atoms with van der Waals surface area (Å²) in [5.41, 5.74) is 0.474. The number of amides is 1. The van der Waals surface area contributed by atoms with Crippen LogP contribution in [0.3, 0.4) is 0 Å². The molecule has 0 saturated carbocycles. The molecule has 0 spiro atoms. The summed E-state index contributed by atoms with van der Waals surface area (Å²) in [7, 11) is -1.72. The number of carbonyl (C=O) groups excluding carboxylic acids is 1. The van der Waals surface area contributed by atoms with Crippen molar-refractivity contribution in [2.24, 2.45) is 0 Å². The Labute approximate surface area is 111 Å². The minimum atomic E-state index is -1.72. The smallest absolute Gasteiger partial charge is 0.316 e. The molecular weight excluding hydrogens is 274 g/mol. The third-order valence-electron chi connectivity index (χ3n) is 2.23. The summed E-state index contributed by atoms with van der Waals surface area (Å²) in [5, 5.41) is 11.0. The maximum atomic E-state index is 11.5. The van der Waals surface area contributed by atoms with E-state index >= 15 is 0 Å². The number of anilines is 1. The Hall–Kier alpha value is -2.09. The summed E-state index contributed by atoms with van der Waals surface area (Å²) in [4.78, 5) is 21.9. The number of carboxylic acids is 1. The molecule has 0 fully saturated rings. The quantitative estimate of drug-likeness (QED) is 0.800. The van der Waals surface area contributed by atoms with Gasteiger partial charge in [0.1, 0.15) is 11.5 Å². The van der Waals surface area contributed by atoms with Crippen molar-refractivity contribution in [1.82, 2.24) is 0 Å². The molecule has 0 aromatic heterocycles. The highest BCUT2D eigenvalue weighted by atomic mass is 32.2. The van der Waals surface area contributed by atoms with Crippen molar-refractivity contribution in [3.8, 4) is 11.5 Å². The Morgan fingerprint density at radius 3 is 2.74 bits per heavy atom. The molecule has 0 radical (unpaired) electrons. The summed E-state index contributed by atoms with van der Waals surface area (Å²) in [6.45, 7) is 0.134. The monoisotopic (exact) mass is 285 g/mol. The second-order valence-electron chi connectivity index (χ2n) is 3.74. The van der Waals surface area contributed by atoms with Gasteiger partial charge in [-0.3, -0.25) is 13.8 Å². The second-order valence-corrected chi connectivity index (χ2v) is 5.20. The van der Waals surface area contributed by atoms with Crippen LogP contribution in [-0.2, 0) is 20.4 Å². The van der Waals surface area contributed by atoms with Gasteiger partial charge in [0.2, 0.25) is 12.7 Å². The van der Waals surface area contributed by atoms with E-state index < -0.39 is 28.4 Å². The topological polar surface area (TPSA) is 102 Å². The number of rotatable bonds is 5. The zero-order chi connectivity index (χ0) is 13.8. The van der Waals surface area contributed by atoms with Crippen LogP contribution >= 0.6 is 0 Å². The number of carboxylic acid groups (broad SMARTS) is 1. The first-order chi connectivity index (χ1) is 9.04. The Morgan fingerprint density at radius 1 is 1.26 bits per heavy atom. The highest BCUT2D eigenvalue weighted by Crippen LogP contribution is 2.34. The third kappa shape index (κ3) is 3.68.